The molecule has 5 heteroatoms. The van der Waals surface area contributed by atoms with Gasteiger partial charge in [-0.3, -0.25) is 0 Å². The molecule has 5 unspecified atom stereocenters. The van der Waals surface area contributed by atoms with Gasteiger partial charge in [0.25, 0.3) is 0 Å². The summed E-state index contributed by atoms with van der Waals surface area (Å²) < 4.78 is 6.29. The predicted molar refractivity (Wildman–Crippen MR) is 153 cm³/mol. The molecule has 0 heterocycles. The summed E-state index contributed by atoms with van der Waals surface area (Å²) in [5.41, 5.74) is 2.16. The zero-order chi connectivity index (χ0) is 28.1. The molecule has 3 aliphatic carbocycles. The molecule has 5 nitrogen and oxygen atoms in total. The van der Waals surface area contributed by atoms with Gasteiger partial charge >= 0.3 is 0 Å². The lowest BCUT2D eigenvalue weighted by Gasteiger charge is -2.45. The zero-order valence-corrected chi connectivity index (χ0v) is 24.4. The second-order valence-electron chi connectivity index (χ2n) is 12.4. The van der Waals surface area contributed by atoms with Crippen LogP contribution >= 0.6 is 0 Å². The molecule has 38 heavy (non-hydrogen) atoms. The van der Waals surface area contributed by atoms with Crippen LogP contribution in [0.3, 0.4) is 0 Å². The molecule has 0 amide bonds. The molecular formula is C33H52O5. The van der Waals surface area contributed by atoms with Crippen molar-refractivity contribution in [2.75, 3.05) is 6.61 Å². The summed E-state index contributed by atoms with van der Waals surface area (Å²) in [6.07, 6.45) is 10.4. The minimum absolute atomic E-state index is 0.171. The monoisotopic (exact) mass is 528 g/mol. The molecule has 0 spiro atoms. The predicted octanol–water partition coefficient (Wildman–Crippen LogP) is 5.47. The smallest absolute Gasteiger partial charge is 0.121 e. The van der Waals surface area contributed by atoms with Gasteiger partial charge in [0.05, 0.1) is 18.3 Å². The summed E-state index contributed by atoms with van der Waals surface area (Å²) >= 11 is 0. The first-order valence-electron chi connectivity index (χ1n) is 14.9. The zero-order valence-electron chi connectivity index (χ0n) is 24.4. The van der Waals surface area contributed by atoms with Crippen molar-refractivity contribution >= 4 is 0 Å². The van der Waals surface area contributed by atoms with E-state index in [9.17, 15) is 20.4 Å². The van der Waals surface area contributed by atoms with E-state index in [0.29, 0.717) is 37.7 Å². The van der Waals surface area contributed by atoms with Crippen molar-refractivity contribution in [2.24, 2.45) is 23.2 Å². The highest BCUT2D eigenvalue weighted by Crippen LogP contribution is 2.60. The van der Waals surface area contributed by atoms with Crippen molar-refractivity contribution in [2.45, 2.75) is 129 Å². The van der Waals surface area contributed by atoms with Crippen LogP contribution < -0.4 is 0 Å². The molecule has 3 rings (SSSR count). The van der Waals surface area contributed by atoms with Crippen LogP contribution in [0.4, 0.5) is 0 Å². The third-order valence-electron chi connectivity index (χ3n) is 9.94. The van der Waals surface area contributed by atoms with E-state index in [2.05, 4.69) is 51.3 Å². The van der Waals surface area contributed by atoms with E-state index >= 15 is 0 Å². The van der Waals surface area contributed by atoms with Crippen LogP contribution in [-0.4, -0.2) is 57.0 Å². The van der Waals surface area contributed by atoms with Gasteiger partial charge in [0.1, 0.15) is 11.7 Å². The van der Waals surface area contributed by atoms with E-state index in [0.717, 1.165) is 43.3 Å². The van der Waals surface area contributed by atoms with Crippen molar-refractivity contribution in [3.8, 4) is 11.8 Å². The van der Waals surface area contributed by atoms with Gasteiger partial charge in [-0.25, -0.2) is 0 Å². The van der Waals surface area contributed by atoms with Crippen LogP contribution in [-0.2, 0) is 4.74 Å². The highest BCUT2D eigenvalue weighted by atomic mass is 16.5. The SMILES string of the molecule is C=C1/C(=C/C=C2/CCC[C@@]3(C)C2CCC3[C@@H](C)C(C#CCC(O)(CC)C(C)O)OCCC)C[C@@H](O)C[C@@H]1O. The van der Waals surface area contributed by atoms with Gasteiger partial charge in [0.15, 0.2) is 0 Å². The van der Waals surface area contributed by atoms with Crippen LogP contribution in [0.5, 0.6) is 0 Å². The number of aliphatic hydroxyl groups is 4. The van der Waals surface area contributed by atoms with Gasteiger partial charge in [0, 0.05) is 19.4 Å². The first kappa shape index (κ1) is 31.1. The van der Waals surface area contributed by atoms with E-state index in [4.69, 9.17) is 4.74 Å². The van der Waals surface area contributed by atoms with E-state index < -0.39 is 23.9 Å². The lowest BCUT2D eigenvalue weighted by atomic mass is 9.60. The topological polar surface area (TPSA) is 90.2 Å². The summed E-state index contributed by atoms with van der Waals surface area (Å²) in [5.74, 6) is 7.78. The number of rotatable bonds is 9. The number of allylic oxidation sites excluding steroid dienone is 3. The maximum atomic E-state index is 10.7. The maximum Gasteiger partial charge on any atom is 0.121 e. The normalized spacial score (nSPS) is 35.8. The Morgan fingerprint density at radius 1 is 1.21 bits per heavy atom. The molecule has 0 aromatic heterocycles. The molecule has 0 aromatic rings. The van der Waals surface area contributed by atoms with Crippen molar-refractivity contribution in [3.05, 3.63) is 35.5 Å². The fourth-order valence-corrected chi connectivity index (χ4v) is 7.26. The van der Waals surface area contributed by atoms with Crippen LogP contribution in [0.1, 0.15) is 98.8 Å². The van der Waals surface area contributed by atoms with Crippen LogP contribution in [0.2, 0.25) is 0 Å². The second-order valence-corrected chi connectivity index (χ2v) is 12.4. The van der Waals surface area contributed by atoms with Gasteiger partial charge in [-0.05, 0) is 92.6 Å². The van der Waals surface area contributed by atoms with Gasteiger partial charge in [-0.1, -0.05) is 63.8 Å². The fourth-order valence-electron chi connectivity index (χ4n) is 7.26. The molecule has 4 N–H and O–H groups in total. The molecule has 0 aromatic carbocycles. The molecular weight excluding hydrogens is 476 g/mol. The average Bonchev–Trinajstić information content (AvgIpc) is 3.24. The van der Waals surface area contributed by atoms with Crippen molar-refractivity contribution in [1.29, 1.82) is 0 Å². The Hall–Kier alpha value is -1.42. The molecule has 0 bridgehead atoms. The highest BCUT2D eigenvalue weighted by molar-refractivity contribution is 5.38. The van der Waals surface area contributed by atoms with E-state index in [1.54, 1.807) is 6.92 Å². The number of ether oxygens (including phenoxy) is 1. The maximum absolute atomic E-state index is 10.7. The Bertz CT molecular complexity index is 939. The van der Waals surface area contributed by atoms with Crippen LogP contribution in [0.25, 0.3) is 0 Å². The standard InChI is InChI=1S/C33H52O5/c1-7-19-38-31(12-10-18-33(37,8-2)24(5)34)23(4)28-15-16-29-25(11-9-17-32(28,29)6)13-14-26-20-27(35)21-30(36)22(26)3/h13-14,23-24,27-31,34-37H,3,7-9,11,15-21H2,1-2,4-6H3/b25-13-,26-14+/t23-,24?,27-,28?,29?,30+,31?,32-,33?/m1/s1. The third kappa shape index (κ3) is 6.83. The number of hydrogen-bond donors (Lipinski definition) is 4. The van der Waals surface area contributed by atoms with Gasteiger partial charge in [-0.15, -0.1) is 0 Å². The number of fused-ring (bicyclic) bond motifs is 1. The Labute approximate surface area is 231 Å². The van der Waals surface area contributed by atoms with E-state index in [1.807, 2.05) is 6.92 Å². The molecule has 3 fully saturated rings. The minimum Gasteiger partial charge on any atom is -0.393 e. The van der Waals surface area contributed by atoms with Crippen molar-refractivity contribution in [3.63, 3.8) is 0 Å². The quantitative estimate of drug-likeness (QED) is 0.298. The largest absolute Gasteiger partial charge is 0.393 e. The molecule has 3 saturated carbocycles. The summed E-state index contributed by atoms with van der Waals surface area (Å²) in [4.78, 5) is 0. The van der Waals surface area contributed by atoms with Crippen LogP contribution in [0, 0.1) is 35.0 Å². The van der Waals surface area contributed by atoms with E-state index in [1.165, 1.54) is 12.0 Å². The molecule has 3 aliphatic rings. The summed E-state index contributed by atoms with van der Waals surface area (Å²) in [6.45, 7) is 15.1. The first-order chi connectivity index (χ1) is 18.0. The average molecular weight is 529 g/mol. The van der Waals surface area contributed by atoms with Gasteiger partial charge in [-0.2, -0.15) is 0 Å². The van der Waals surface area contributed by atoms with Gasteiger partial charge < -0.3 is 25.2 Å². The third-order valence-corrected chi connectivity index (χ3v) is 9.94. The lowest BCUT2D eigenvalue weighted by molar-refractivity contribution is -0.0646. The molecule has 0 saturated heterocycles. The summed E-state index contributed by atoms with van der Waals surface area (Å²) in [6, 6.07) is 0. The molecule has 9 atom stereocenters. The highest BCUT2D eigenvalue weighted by Gasteiger charge is 2.51. The molecule has 0 aliphatic heterocycles. The van der Waals surface area contributed by atoms with Crippen LogP contribution in [0.15, 0.2) is 35.5 Å². The number of hydrogen-bond acceptors (Lipinski definition) is 5. The fraction of sp³-hybridized carbons (Fsp3) is 0.758. The molecule has 0 radical (unpaired) electrons. The van der Waals surface area contributed by atoms with Gasteiger partial charge in [0.2, 0.25) is 0 Å². The van der Waals surface area contributed by atoms with Crippen molar-refractivity contribution < 1.29 is 25.2 Å². The summed E-state index contributed by atoms with van der Waals surface area (Å²) in [7, 11) is 0. The van der Waals surface area contributed by atoms with Crippen molar-refractivity contribution in [1.82, 2.24) is 0 Å². The Balaban J connectivity index is 1.80. The minimum atomic E-state index is -1.19. The molecule has 214 valence electrons. The first-order valence-corrected chi connectivity index (χ1v) is 14.9. The Morgan fingerprint density at radius 2 is 1.95 bits per heavy atom. The summed E-state index contributed by atoms with van der Waals surface area (Å²) in [5, 5.41) is 41.1. The van der Waals surface area contributed by atoms with E-state index in [-0.39, 0.29) is 23.9 Å². The Morgan fingerprint density at radius 3 is 2.61 bits per heavy atom. The number of aliphatic hydroxyl groups excluding tert-OH is 3. The Kier molecular flexibility index (Phi) is 10.9. The second kappa shape index (κ2) is 13.3. The lowest BCUT2D eigenvalue weighted by Crippen LogP contribution is -2.40.